The van der Waals surface area contributed by atoms with Gasteiger partial charge in [0.1, 0.15) is 5.60 Å². The van der Waals surface area contributed by atoms with Gasteiger partial charge in [-0.3, -0.25) is 0 Å². The highest BCUT2D eigenvalue weighted by Gasteiger charge is 2.41. The Hall–Kier alpha value is -0.610. The Balaban J connectivity index is 2.36. The largest absolute Gasteiger partial charge is 0.388 e. The molecule has 2 N–H and O–H groups in total. The summed E-state index contributed by atoms with van der Waals surface area (Å²) in [6.07, 6.45) is 0.221. The molecule has 16 heavy (non-hydrogen) atoms. The van der Waals surface area contributed by atoms with Crippen molar-refractivity contribution in [1.82, 2.24) is 5.32 Å². The quantitative estimate of drug-likeness (QED) is 0.825. The maximum atomic E-state index is 10.1. The van der Waals surface area contributed by atoms with Crippen LogP contribution in [-0.4, -0.2) is 31.4 Å². The van der Waals surface area contributed by atoms with Crippen LogP contribution in [0.25, 0.3) is 0 Å². The SMILES string of the molecule is CO[C@]1(c2ccc(Cl)cc2)CCNC[C@H]1O. The number of benzene rings is 1. The third-order valence-electron chi connectivity index (χ3n) is 3.25. The highest BCUT2D eigenvalue weighted by molar-refractivity contribution is 6.30. The number of piperidine rings is 1. The van der Waals surface area contributed by atoms with Crippen LogP contribution in [0.15, 0.2) is 24.3 Å². The Labute approximate surface area is 100 Å². The van der Waals surface area contributed by atoms with E-state index in [9.17, 15) is 5.11 Å². The molecule has 2 atom stereocenters. The molecule has 0 unspecified atom stereocenters. The molecule has 0 radical (unpaired) electrons. The van der Waals surface area contributed by atoms with Gasteiger partial charge in [-0.25, -0.2) is 0 Å². The second kappa shape index (κ2) is 4.72. The molecule has 4 heteroatoms. The van der Waals surface area contributed by atoms with E-state index in [0.29, 0.717) is 11.6 Å². The molecule has 1 saturated heterocycles. The van der Waals surface area contributed by atoms with Crippen molar-refractivity contribution in [3.8, 4) is 0 Å². The fraction of sp³-hybridized carbons (Fsp3) is 0.500. The van der Waals surface area contributed by atoms with Gasteiger partial charge in [-0.15, -0.1) is 0 Å². The molecule has 1 aliphatic rings. The Bertz CT molecular complexity index is 355. The van der Waals surface area contributed by atoms with E-state index < -0.39 is 11.7 Å². The number of ether oxygens (including phenoxy) is 1. The van der Waals surface area contributed by atoms with Gasteiger partial charge in [0, 0.05) is 18.7 Å². The van der Waals surface area contributed by atoms with Crippen molar-refractivity contribution in [3.63, 3.8) is 0 Å². The maximum Gasteiger partial charge on any atom is 0.121 e. The van der Waals surface area contributed by atoms with Crippen molar-refractivity contribution >= 4 is 11.6 Å². The molecule has 0 amide bonds. The molecule has 0 aromatic heterocycles. The summed E-state index contributed by atoms with van der Waals surface area (Å²) in [5.41, 5.74) is 0.379. The number of halogens is 1. The van der Waals surface area contributed by atoms with E-state index in [4.69, 9.17) is 16.3 Å². The molecule has 0 saturated carbocycles. The third-order valence-corrected chi connectivity index (χ3v) is 3.50. The smallest absolute Gasteiger partial charge is 0.121 e. The van der Waals surface area contributed by atoms with Crippen molar-refractivity contribution < 1.29 is 9.84 Å². The molecule has 2 rings (SSSR count). The van der Waals surface area contributed by atoms with Crippen LogP contribution in [0.4, 0.5) is 0 Å². The molecular formula is C12H16ClNO2. The first-order chi connectivity index (χ1) is 7.69. The minimum Gasteiger partial charge on any atom is -0.388 e. The zero-order chi connectivity index (χ0) is 11.6. The lowest BCUT2D eigenvalue weighted by atomic mass is 9.82. The average Bonchev–Trinajstić information content (AvgIpc) is 2.31. The number of aliphatic hydroxyl groups is 1. The summed E-state index contributed by atoms with van der Waals surface area (Å²) in [4.78, 5) is 0. The van der Waals surface area contributed by atoms with E-state index in [-0.39, 0.29) is 0 Å². The molecule has 0 aliphatic carbocycles. The first-order valence-corrected chi connectivity index (χ1v) is 5.77. The van der Waals surface area contributed by atoms with Gasteiger partial charge in [-0.05, 0) is 30.7 Å². The molecule has 3 nitrogen and oxygen atoms in total. The number of hydrogen-bond donors (Lipinski definition) is 2. The monoisotopic (exact) mass is 241 g/mol. The second-order valence-electron chi connectivity index (χ2n) is 4.07. The number of rotatable bonds is 2. The van der Waals surface area contributed by atoms with Crippen LogP contribution in [0.3, 0.4) is 0 Å². The lowest BCUT2D eigenvalue weighted by Gasteiger charge is -2.41. The highest BCUT2D eigenvalue weighted by atomic mass is 35.5. The zero-order valence-electron chi connectivity index (χ0n) is 9.24. The van der Waals surface area contributed by atoms with Crippen molar-refractivity contribution in [2.75, 3.05) is 20.2 Å². The number of hydrogen-bond acceptors (Lipinski definition) is 3. The Morgan fingerprint density at radius 3 is 2.69 bits per heavy atom. The number of β-amino-alcohol motifs (C(OH)–C–C–N with tert-alkyl or cyclic N) is 1. The number of aliphatic hydroxyl groups excluding tert-OH is 1. The van der Waals surface area contributed by atoms with E-state index in [0.717, 1.165) is 18.5 Å². The summed E-state index contributed by atoms with van der Waals surface area (Å²) in [5.74, 6) is 0. The summed E-state index contributed by atoms with van der Waals surface area (Å²) >= 11 is 5.86. The molecule has 0 spiro atoms. The van der Waals surface area contributed by atoms with Crippen LogP contribution in [0.1, 0.15) is 12.0 Å². The first-order valence-electron chi connectivity index (χ1n) is 5.39. The maximum absolute atomic E-state index is 10.1. The third kappa shape index (κ3) is 1.96. The van der Waals surface area contributed by atoms with Crippen LogP contribution < -0.4 is 5.32 Å². The van der Waals surface area contributed by atoms with Crippen molar-refractivity contribution in [2.45, 2.75) is 18.1 Å². The van der Waals surface area contributed by atoms with Crippen LogP contribution in [0.2, 0.25) is 5.02 Å². The molecular weight excluding hydrogens is 226 g/mol. The topological polar surface area (TPSA) is 41.5 Å². The molecule has 1 fully saturated rings. The zero-order valence-corrected chi connectivity index (χ0v) is 10.00. The van der Waals surface area contributed by atoms with Gasteiger partial charge in [0.2, 0.25) is 0 Å². The number of methoxy groups -OCH3 is 1. The predicted octanol–water partition coefficient (Wildman–Crippen LogP) is 1.54. The van der Waals surface area contributed by atoms with Gasteiger partial charge in [-0.1, -0.05) is 23.7 Å². The van der Waals surface area contributed by atoms with Gasteiger partial charge in [-0.2, -0.15) is 0 Å². The predicted molar refractivity (Wildman–Crippen MR) is 63.6 cm³/mol. The normalized spacial score (nSPS) is 30.3. The van der Waals surface area contributed by atoms with E-state index in [1.165, 1.54) is 0 Å². The Morgan fingerprint density at radius 1 is 1.44 bits per heavy atom. The molecule has 1 aliphatic heterocycles. The van der Waals surface area contributed by atoms with Crippen LogP contribution in [-0.2, 0) is 10.3 Å². The first kappa shape index (κ1) is 11.9. The average molecular weight is 242 g/mol. The summed E-state index contributed by atoms with van der Waals surface area (Å²) in [7, 11) is 1.64. The highest BCUT2D eigenvalue weighted by Crippen LogP contribution is 2.34. The number of nitrogens with one attached hydrogen (secondary N) is 1. The summed E-state index contributed by atoms with van der Waals surface area (Å²) in [5, 5.41) is 14.0. The van der Waals surface area contributed by atoms with Crippen molar-refractivity contribution in [1.29, 1.82) is 0 Å². The molecule has 1 aromatic carbocycles. The standard InChI is InChI=1S/C12H16ClNO2/c1-16-12(6-7-14-8-11(12)15)9-2-4-10(13)5-3-9/h2-5,11,14-15H,6-8H2,1H3/t11-,12+/m1/s1. The molecule has 1 heterocycles. The van der Waals surface area contributed by atoms with E-state index >= 15 is 0 Å². The fourth-order valence-corrected chi connectivity index (χ4v) is 2.40. The van der Waals surface area contributed by atoms with Gasteiger partial charge in [0.15, 0.2) is 0 Å². The Morgan fingerprint density at radius 2 is 2.12 bits per heavy atom. The summed E-state index contributed by atoms with van der Waals surface area (Å²) < 4.78 is 5.58. The van der Waals surface area contributed by atoms with Crippen molar-refractivity contribution in [2.24, 2.45) is 0 Å². The molecule has 0 bridgehead atoms. The van der Waals surface area contributed by atoms with Crippen molar-refractivity contribution in [3.05, 3.63) is 34.9 Å². The minimum absolute atomic E-state index is 0.535. The lowest BCUT2D eigenvalue weighted by molar-refractivity contribution is -0.124. The minimum atomic E-state index is -0.601. The summed E-state index contributed by atoms with van der Waals surface area (Å²) in [6, 6.07) is 7.49. The molecule has 1 aromatic rings. The second-order valence-corrected chi connectivity index (χ2v) is 4.51. The van der Waals surface area contributed by atoms with Crippen LogP contribution in [0.5, 0.6) is 0 Å². The van der Waals surface area contributed by atoms with Gasteiger partial charge < -0.3 is 15.2 Å². The van der Waals surface area contributed by atoms with E-state index in [2.05, 4.69) is 5.32 Å². The Kier molecular flexibility index (Phi) is 3.50. The fourth-order valence-electron chi connectivity index (χ4n) is 2.27. The van der Waals surface area contributed by atoms with Gasteiger partial charge in [0.25, 0.3) is 0 Å². The van der Waals surface area contributed by atoms with Crippen LogP contribution >= 0.6 is 11.6 Å². The van der Waals surface area contributed by atoms with Gasteiger partial charge >= 0.3 is 0 Å². The van der Waals surface area contributed by atoms with E-state index in [1.807, 2.05) is 24.3 Å². The summed E-state index contributed by atoms with van der Waals surface area (Å²) in [6.45, 7) is 1.39. The molecule has 88 valence electrons. The van der Waals surface area contributed by atoms with Crippen LogP contribution in [0, 0.1) is 0 Å². The lowest BCUT2D eigenvalue weighted by Crippen LogP contribution is -2.53. The van der Waals surface area contributed by atoms with E-state index in [1.54, 1.807) is 7.11 Å². The van der Waals surface area contributed by atoms with Gasteiger partial charge in [0.05, 0.1) is 6.10 Å².